The Hall–Kier alpha value is 0.845. The van der Waals surface area contributed by atoms with Gasteiger partial charge in [0.25, 0.3) is 0 Å². The van der Waals surface area contributed by atoms with Crippen molar-refractivity contribution in [2.24, 2.45) is 0 Å². The minimum atomic E-state index is -1.84. The highest BCUT2D eigenvalue weighted by molar-refractivity contribution is 7.96. The number of hydrogen-bond acceptors (Lipinski definition) is 3. The quantitative estimate of drug-likeness (QED) is 0.381. The molecule has 1 fully saturated rings. The van der Waals surface area contributed by atoms with Gasteiger partial charge in [0, 0.05) is 0 Å². The highest BCUT2D eigenvalue weighted by Gasteiger charge is 2.51. The van der Waals surface area contributed by atoms with Gasteiger partial charge in [0.05, 0.1) is 24.9 Å². The number of hydrogen-bond donors (Lipinski definition) is 2. The summed E-state index contributed by atoms with van der Waals surface area (Å²) < 4.78 is 6.58. The molecule has 1 saturated carbocycles. The second-order valence-electron chi connectivity index (χ2n) is 9.95. The first-order valence-electron chi connectivity index (χ1n) is 10.4. The fourth-order valence-corrected chi connectivity index (χ4v) is 20.9. The molecular formula is C21H44BO3P3. The van der Waals surface area contributed by atoms with Crippen molar-refractivity contribution in [2.75, 3.05) is 37.0 Å². The summed E-state index contributed by atoms with van der Waals surface area (Å²) >= 11 is 0. The van der Waals surface area contributed by atoms with Gasteiger partial charge in [-0.05, 0) is 70.0 Å². The van der Waals surface area contributed by atoms with Crippen LogP contribution in [-0.2, 0) is 4.74 Å². The second-order valence-corrected chi connectivity index (χ2v) is 23.4. The molecular weight excluding hydrogens is 404 g/mol. The Morgan fingerprint density at radius 1 is 1.11 bits per heavy atom. The molecule has 6 atom stereocenters. The molecule has 0 aromatic carbocycles. The summed E-state index contributed by atoms with van der Waals surface area (Å²) in [7, 11) is 6.08. The molecule has 7 heteroatoms. The van der Waals surface area contributed by atoms with E-state index in [4.69, 9.17) is 18.9 Å². The van der Waals surface area contributed by atoms with Crippen molar-refractivity contribution in [2.45, 2.75) is 76.9 Å². The Kier molecular flexibility index (Phi) is 8.78. The smallest absolute Gasteiger partial charge is 0.108 e. The molecule has 28 heavy (non-hydrogen) atoms. The Bertz CT molecular complexity index is 678. The standard InChI is InChI=1S/C21H44BO3P3/c1-11-26(7,8)15-28(10,16-27(9,12-2)13-3)20(4,5)25-17-14-18(22)21(6,24)19(17)23/h17-19,23-24H,7,9-16H2,1-6,8H3/t17-,18+,19+,21-,26?,28?/m0/s1. The van der Waals surface area contributed by atoms with Gasteiger partial charge in [-0.25, -0.2) is 0 Å². The van der Waals surface area contributed by atoms with Gasteiger partial charge in [0.1, 0.15) is 6.10 Å². The van der Waals surface area contributed by atoms with Crippen molar-refractivity contribution < 1.29 is 14.9 Å². The highest BCUT2D eigenvalue weighted by Crippen LogP contribution is 2.73. The van der Waals surface area contributed by atoms with Crippen molar-refractivity contribution in [3.05, 3.63) is 0 Å². The van der Waals surface area contributed by atoms with Crippen molar-refractivity contribution >= 4 is 47.4 Å². The van der Waals surface area contributed by atoms with Crippen molar-refractivity contribution in [1.29, 1.82) is 0 Å². The number of ether oxygens (including phenoxy) is 1. The Morgan fingerprint density at radius 2 is 1.61 bits per heavy atom. The van der Waals surface area contributed by atoms with E-state index in [2.05, 4.69) is 53.9 Å². The lowest BCUT2D eigenvalue weighted by Gasteiger charge is -2.47. The largest absolute Gasteiger partial charge is 0.388 e. The third-order valence-electron chi connectivity index (χ3n) is 7.06. The summed E-state index contributed by atoms with van der Waals surface area (Å²) in [6.07, 6.45) is 16.4. The minimum absolute atomic E-state index is 0.453. The van der Waals surface area contributed by atoms with E-state index in [0.29, 0.717) is 6.42 Å². The van der Waals surface area contributed by atoms with E-state index in [0.717, 1.165) is 30.3 Å². The Morgan fingerprint density at radius 3 is 1.96 bits per heavy atom. The first-order valence-corrected chi connectivity index (χ1v) is 18.1. The van der Waals surface area contributed by atoms with Gasteiger partial charge in [0.15, 0.2) is 0 Å². The van der Waals surface area contributed by atoms with E-state index in [-0.39, 0.29) is 0 Å². The van der Waals surface area contributed by atoms with Crippen LogP contribution in [0.3, 0.4) is 0 Å². The second kappa shape index (κ2) is 9.14. The SMILES string of the molecule is [B][C@@H]1C[C@H](OC(C)(C)P(=C)(CP(=C)(C)CC)CP(=C)(CC)CC)[C@@H](O)[C@@]1(C)O. The number of rotatable bonds is 10. The van der Waals surface area contributed by atoms with Crippen LogP contribution in [0.15, 0.2) is 0 Å². The molecule has 0 saturated heterocycles. The molecule has 0 aromatic rings. The average molecular weight is 448 g/mol. The van der Waals surface area contributed by atoms with Gasteiger partial charge < -0.3 is 14.9 Å². The van der Waals surface area contributed by atoms with E-state index in [1.165, 1.54) is 0 Å². The molecule has 164 valence electrons. The normalized spacial score (nSPS) is 33.4. The maximum Gasteiger partial charge on any atom is 0.108 e. The van der Waals surface area contributed by atoms with E-state index in [9.17, 15) is 10.2 Å². The summed E-state index contributed by atoms with van der Waals surface area (Å²) in [5.41, 5.74) is -1.32. The van der Waals surface area contributed by atoms with Crippen LogP contribution < -0.4 is 0 Å². The monoisotopic (exact) mass is 448 g/mol. The van der Waals surface area contributed by atoms with Crippen LogP contribution >= 0.6 is 20.7 Å². The fraction of sp³-hybridized carbons (Fsp3) is 0.857. The van der Waals surface area contributed by atoms with E-state index in [1.54, 1.807) is 6.92 Å². The summed E-state index contributed by atoms with van der Waals surface area (Å²) in [6.45, 7) is 10.4. The number of aliphatic hydroxyl groups is 2. The van der Waals surface area contributed by atoms with Crippen LogP contribution in [-0.4, -0.2) is 97.1 Å². The molecule has 2 unspecified atom stereocenters. The van der Waals surface area contributed by atoms with E-state index >= 15 is 0 Å². The van der Waals surface area contributed by atoms with Gasteiger partial charge in [-0.2, -0.15) is 0 Å². The van der Waals surface area contributed by atoms with Crippen LogP contribution in [0.2, 0.25) is 5.82 Å². The molecule has 0 aliphatic heterocycles. The van der Waals surface area contributed by atoms with Crippen LogP contribution in [0.4, 0.5) is 0 Å². The van der Waals surface area contributed by atoms with Crippen molar-refractivity contribution in [3.63, 3.8) is 0 Å². The Labute approximate surface area is 176 Å². The molecule has 1 aliphatic rings. The summed E-state index contributed by atoms with van der Waals surface area (Å²) in [6, 6.07) is 0. The highest BCUT2D eigenvalue weighted by atomic mass is 31.2. The maximum absolute atomic E-state index is 10.6. The van der Waals surface area contributed by atoms with Crippen molar-refractivity contribution in [1.82, 2.24) is 0 Å². The summed E-state index contributed by atoms with van der Waals surface area (Å²) in [5, 5.41) is 20.7. The van der Waals surface area contributed by atoms with E-state index < -0.39 is 49.6 Å². The molecule has 0 heterocycles. The third kappa shape index (κ3) is 5.75. The Balaban J connectivity index is 3.29. The molecule has 0 spiro atoms. The average Bonchev–Trinajstić information content (AvgIpc) is 2.76. The maximum atomic E-state index is 10.6. The summed E-state index contributed by atoms with van der Waals surface area (Å²) in [5.74, 6) is 1.59. The van der Waals surface area contributed by atoms with Crippen LogP contribution in [0, 0.1) is 0 Å². The predicted molar refractivity (Wildman–Crippen MR) is 139 cm³/mol. The topological polar surface area (TPSA) is 49.7 Å². The zero-order valence-electron chi connectivity index (χ0n) is 19.3. The van der Waals surface area contributed by atoms with Gasteiger partial charge in [-0.15, -0.1) is 26.4 Å². The van der Waals surface area contributed by atoms with Gasteiger partial charge in [-0.3, -0.25) is 0 Å². The van der Waals surface area contributed by atoms with Gasteiger partial charge >= 0.3 is 0 Å². The molecule has 0 aromatic heterocycles. The molecule has 0 amide bonds. The fourth-order valence-electron chi connectivity index (χ4n) is 3.94. The van der Waals surface area contributed by atoms with E-state index in [1.807, 2.05) is 0 Å². The van der Waals surface area contributed by atoms with Crippen LogP contribution in [0.5, 0.6) is 0 Å². The first kappa shape index (κ1) is 26.9. The van der Waals surface area contributed by atoms with Gasteiger partial charge in [0.2, 0.25) is 0 Å². The zero-order chi connectivity index (χ0) is 22.2. The molecule has 2 N–H and O–H groups in total. The zero-order valence-corrected chi connectivity index (χ0v) is 22.0. The lowest BCUT2D eigenvalue weighted by Crippen LogP contribution is -2.44. The molecule has 2 radical (unpaired) electrons. The number of aliphatic hydroxyl groups excluding tert-OH is 1. The first-order chi connectivity index (χ1) is 12.5. The van der Waals surface area contributed by atoms with Gasteiger partial charge in [-0.1, -0.05) is 34.0 Å². The minimum Gasteiger partial charge on any atom is -0.388 e. The van der Waals surface area contributed by atoms with Crippen molar-refractivity contribution in [3.8, 4) is 0 Å². The van der Waals surface area contributed by atoms with Crippen LogP contribution in [0.1, 0.15) is 48.0 Å². The molecule has 3 nitrogen and oxygen atoms in total. The molecule has 1 aliphatic carbocycles. The van der Waals surface area contributed by atoms with Crippen LogP contribution in [0.25, 0.3) is 0 Å². The predicted octanol–water partition coefficient (Wildman–Crippen LogP) is 4.53. The lowest BCUT2D eigenvalue weighted by molar-refractivity contribution is -0.117. The third-order valence-corrected chi connectivity index (χ3v) is 23.1. The lowest BCUT2D eigenvalue weighted by atomic mass is 9.76. The molecule has 0 bridgehead atoms. The molecule has 1 rings (SSSR count). The summed E-state index contributed by atoms with van der Waals surface area (Å²) in [4.78, 5) is 0.